The first-order chi connectivity index (χ1) is 9.84. The maximum atomic E-state index is 12.1. The molecule has 3 rings (SSSR count). The molecule has 2 aliphatic heterocycles. The number of nitrogens with zero attached hydrogens (tertiary/aromatic N) is 2. The number of piperidine rings is 1. The highest BCUT2D eigenvalue weighted by atomic mass is 16.5. The third-order valence-corrected chi connectivity index (χ3v) is 5.29. The Labute approximate surface area is 122 Å². The highest BCUT2D eigenvalue weighted by Crippen LogP contribution is 2.32. The lowest BCUT2D eigenvalue weighted by atomic mass is 9.88. The van der Waals surface area contributed by atoms with Crippen molar-refractivity contribution in [2.75, 3.05) is 45.9 Å². The summed E-state index contributed by atoms with van der Waals surface area (Å²) >= 11 is 0. The minimum atomic E-state index is 0.347. The van der Waals surface area contributed by atoms with E-state index in [9.17, 15) is 4.79 Å². The minimum absolute atomic E-state index is 0.347. The van der Waals surface area contributed by atoms with Crippen LogP contribution >= 0.6 is 0 Å². The summed E-state index contributed by atoms with van der Waals surface area (Å²) in [6.45, 7) is 7.37. The predicted molar refractivity (Wildman–Crippen MR) is 78.8 cm³/mol. The monoisotopic (exact) mass is 280 g/mol. The molecular formula is C16H28N2O2. The van der Waals surface area contributed by atoms with Crippen molar-refractivity contribution in [3.63, 3.8) is 0 Å². The van der Waals surface area contributed by atoms with Gasteiger partial charge < -0.3 is 4.74 Å². The molecule has 1 saturated carbocycles. The topological polar surface area (TPSA) is 32.8 Å². The SMILES string of the molecule is O=C1CCCC1C1CCCCN1CCN1CCOCC1. The molecule has 0 N–H and O–H groups in total. The van der Waals surface area contributed by atoms with E-state index in [1.807, 2.05) is 0 Å². The van der Waals surface area contributed by atoms with Crippen LogP contribution in [0.3, 0.4) is 0 Å². The van der Waals surface area contributed by atoms with Crippen LogP contribution in [0.5, 0.6) is 0 Å². The van der Waals surface area contributed by atoms with Gasteiger partial charge in [-0.3, -0.25) is 14.6 Å². The van der Waals surface area contributed by atoms with E-state index in [0.29, 0.717) is 17.7 Å². The van der Waals surface area contributed by atoms with E-state index in [1.54, 1.807) is 0 Å². The molecule has 0 aromatic heterocycles. The molecule has 0 aromatic carbocycles. The van der Waals surface area contributed by atoms with E-state index < -0.39 is 0 Å². The summed E-state index contributed by atoms with van der Waals surface area (Å²) < 4.78 is 5.41. The number of ketones is 1. The maximum Gasteiger partial charge on any atom is 0.137 e. The molecule has 0 radical (unpaired) electrons. The Kier molecular flexibility index (Phi) is 5.08. The zero-order chi connectivity index (χ0) is 13.8. The summed E-state index contributed by atoms with van der Waals surface area (Å²) in [6, 6.07) is 0.541. The third-order valence-electron chi connectivity index (χ3n) is 5.29. The Balaban J connectivity index is 1.53. The number of rotatable bonds is 4. The zero-order valence-corrected chi connectivity index (χ0v) is 12.6. The number of carbonyl (C=O) groups excluding carboxylic acids is 1. The number of hydrogen-bond acceptors (Lipinski definition) is 4. The van der Waals surface area contributed by atoms with Gasteiger partial charge in [-0.1, -0.05) is 6.42 Å². The minimum Gasteiger partial charge on any atom is -0.379 e. The Hall–Kier alpha value is -0.450. The fraction of sp³-hybridized carbons (Fsp3) is 0.938. The molecule has 2 saturated heterocycles. The van der Waals surface area contributed by atoms with Crippen LogP contribution in [0.4, 0.5) is 0 Å². The Morgan fingerprint density at radius 3 is 2.60 bits per heavy atom. The second kappa shape index (κ2) is 7.01. The van der Waals surface area contributed by atoms with E-state index >= 15 is 0 Å². The normalized spacial score (nSPS) is 33.7. The van der Waals surface area contributed by atoms with E-state index in [4.69, 9.17) is 4.74 Å². The van der Waals surface area contributed by atoms with Crippen molar-refractivity contribution in [3.8, 4) is 0 Å². The van der Waals surface area contributed by atoms with Gasteiger partial charge in [-0.25, -0.2) is 0 Å². The molecule has 3 aliphatic rings. The lowest BCUT2D eigenvalue weighted by molar-refractivity contribution is -0.123. The van der Waals surface area contributed by atoms with Gasteiger partial charge in [-0.05, 0) is 32.2 Å². The average molecular weight is 280 g/mol. The van der Waals surface area contributed by atoms with Crippen molar-refractivity contribution < 1.29 is 9.53 Å². The molecule has 114 valence electrons. The smallest absolute Gasteiger partial charge is 0.137 e. The van der Waals surface area contributed by atoms with Crippen LogP contribution in [0, 0.1) is 5.92 Å². The van der Waals surface area contributed by atoms with Gasteiger partial charge >= 0.3 is 0 Å². The lowest BCUT2D eigenvalue weighted by Crippen LogP contribution is -2.49. The summed E-state index contributed by atoms with van der Waals surface area (Å²) in [4.78, 5) is 17.2. The molecule has 0 amide bonds. The van der Waals surface area contributed by atoms with E-state index in [1.165, 1.54) is 25.8 Å². The molecule has 3 fully saturated rings. The molecule has 20 heavy (non-hydrogen) atoms. The molecule has 2 unspecified atom stereocenters. The first kappa shape index (κ1) is 14.5. The van der Waals surface area contributed by atoms with Gasteiger partial charge in [0.05, 0.1) is 13.2 Å². The van der Waals surface area contributed by atoms with Crippen molar-refractivity contribution >= 4 is 5.78 Å². The average Bonchev–Trinajstić information content (AvgIpc) is 2.92. The Bertz CT molecular complexity index is 328. The standard InChI is InChI=1S/C16H28N2O2/c19-16-6-3-4-14(16)15-5-1-2-7-18(15)9-8-17-10-12-20-13-11-17/h14-15H,1-13H2. The van der Waals surface area contributed by atoms with Gasteiger partial charge in [-0.2, -0.15) is 0 Å². The number of likely N-dealkylation sites (tertiary alicyclic amines) is 1. The van der Waals surface area contributed by atoms with Crippen molar-refractivity contribution in [1.29, 1.82) is 0 Å². The predicted octanol–water partition coefficient (Wildman–Crippen LogP) is 1.54. The number of carbonyl (C=O) groups is 1. The third kappa shape index (κ3) is 3.41. The van der Waals surface area contributed by atoms with Gasteiger partial charge in [0.2, 0.25) is 0 Å². The molecule has 4 nitrogen and oxygen atoms in total. The van der Waals surface area contributed by atoms with Crippen LogP contribution in [0.15, 0.2) is 0 Å². The summed E-state index contributed by atoms with van der Waals surface area (Å²) in [7, 11) is 0. The fourth-order valence-corrected chi connectivity index (χ4v) is 4.09. The second-order valence-electron chi connectivity index (χ2n) is 6.52. The van der Waals surface area contributed by atoms with Crippen LogP contribution in [-0.4, -0.2) is 67.6 Å². The highest BCUT2D eigenvalue weighted by Gasteiger charge is 2.36. The first-order valence-corrected chi connectivity index (χ1v) is 8.41. The van der Waals surface area contributed by atoms with Gasteiger partial charge in [0.25, 0.3) is 0 Å². The summed E-state index contributed by atoms with van der Waals surface area (Å²) in [6.07, 6.45) is 6.94. The van der Waals surface area contributed by atoms with Crippen LogP contribution < -0.4 is 0 Å². The van der Waals surface area contributed by atoms with Crippen molar-refractivity contribution in [3.05, 3.63) is 0 Å². The van der Waals surface area contributed by atoms with Crippen LogP contribution in [-0.2, 0) is 9.53 Å². The van der Waals surface area contributed by atoms with E-state index in [-0.39, 0.29) is 0 Å². The van der Waals surface area contributed by atoms with Gasteiger partial charge in [0.1, 0.15) is 5.78 Å². The zero-order valence-electron chi connectivity index (χ0n) is 12.6. The largest absolute Gasteiger partial charge is 0.379 e. The van der Waals surface area contributed by atoms with Crippen LogP contribution in [0.1, 0.15) is 38.5 Å². The molecule has 0 aromatic rings. The molecule has 4 heteroatoms. The quantitative estimate of drug-likeness (QED) is 0.782. The summed E-state index contributed by atoms with van der Waals surface area (Å²) in [5, 5.41) is 0. The number of ether oxygens (including phenoxy) is 1. The highest BCUT2D eigenvalue weighted by molar-refractivity contribution is 5.83. The van der Waals surface area contributed by atoms with Gasteiger partial charge in [-0.15, -0.1) is 0 Å². The van der Waals surface area contributed by atoms with Gasteiger partial charge in [0.15, 0.2) is 0 Å². The van der Waals surface area contributed by atoms with E-state index in [2.05, 4.69) is 9.80 Å². The second-order valence-corrected chi connectivity index (χ2v) is 6.52. The van der Waals surface area contributed by atoms with Crippen LogP contribution in [0.2, 0.25) is 0 Å². The van der Waals surface area contributed by atoms with Crippen molar-refractivity contribution in [2.24, 2.45) is 5.92 Å². The van der Waals surface area contributed by atoms with E-state index in [0.717, 1.165) is 58.7 Å². The Morgan fingerprint density at radius 1 is 1.00 bits per heavy atom. The summed E-state index contributed by atoms with van der Waals surface area (Å²) in [5.41, 5.74) is 0. The number of morpholine rings is 1. The summed E-state index contributed by atoms with van der Waals surface area (Å²) in [5.74, 6) is 0.883. The maximum absolute atomic E-state index is 12.1. The van der Waals surface area contributed by atoms with Crippen molar-refractivity contribution in [2.45, 2.75) is 44.6 Å². The molecule has 1 aliphatic carbocycles. The number of Topliss-reactive ketones (excluding diaryl/α,β-unsaturated/α-hetero) is 1. The number of hydrogen-bond donors (Lipinski definition) is 0. The van der Waals surface area contributed by atoms with Gasteiger partial charge in [0, 0.05) is 44.6 Å². The Morgan fingerprint density at radius 2 is 1.85 bits per heavy atom. The molecular weight excluding hydrogens is 252 g/mol. The molecule has 2 heterocycles. The molecule has 0 spiro atoms. The lowest BCUT2D eigenvalue weighted by Gasteiger charge is -2.40. The van der Waals surface area contributed by atoms with Crippen molar-refractivity contribution in [1.82, 2.24) is 9.80 Å². The van der Waals surface area contributed by atoms with Crippen LogP contribution in [0.25, 0.3) is 0 Å². The molecule has 0 bridgehead atoms. The fourth-order valence-electron chi connectivity index (χ4n) is 4.09. The first-order valence-electron chi connectivity index (χ1n) is 8.41. The molecule has 2 atom stereocenters.